The molecule has 6 nitrogen and oxygen atoms in total. The van der Waals surface area contributed by atoms with E-state index < -0.39 is 0 Å². The van der Waals surface area contributed by atoms with E-state index in [0.717, 1.165) is 23.3 Å². The molecule has 0 aliphatic rings. The van der Waals surface area contributed by atoms with Crippen molar-refractivity contribution in [1.82, 2.24) is 20.1 Å². The van der Waals surface area contributed by atoms with Crippen LogP contribution in [0, 0.1) is 0 Å². The van der Waals surface area contributed by atoms with Gasteiger partial charge in [0.1, 0.15) is 5.82 Å². The molecule has 0 unspecified atom stereocenters. The van der Waals surface area contributed by atoms with E-state index in [1.165, 1.54) is 6.92 Å². The summed E-state index contributed by atoms with van der Waals surface area (Å²) in [5.41, 5.74) is 5.54. The highest BCUT2D eigenvalue weighted by Crippen LogP contribution is 2.15. The summed E-state index contributed by atoms with van der Waals surface area (Å²) in [4.78, 5) is 10.7. The third-order valence-electron chi connectivity index (χ3n) is 2.00. The van der Waals surface area contributed by atoms with Crippen molar-refractivity contribution in [2.24, 2.45) is 5.73 Å². The molecule has 0 saturated heterocycles. The minimum absolute atomic E-state index is 0.0137. The second kappa shape index (κ2) is 6.49. The van der Waals surface area contributed by atoms with E-state index in [1.54, 1.807) is 11.8 Å². The van der Waals surface area contributed by atoms with Gasteiger partial charge < -0.3 is 15.6 Å². The number of amides is 1. The van der Waals surface area contributed by atoms with Gasteiger partial charge in [0.15, 0.2) is 5.16 Å². The van der Waals surface area contributed by atoms with E-state index in [-0.39, 0.29) is 5.91 Å². The van der Waals surface area contributed by atoms with E-state index in [1.807, 2.05) is 11.5 Å². The highest BCUT2D eigenvalue weighted by molar-refractivity contribution is 7.99. The molecule has 0 bridgehead atoms. The summed E-state index contributed by atoms with van der Waals surface area (Å²) in [7, 11) is 0. The van der Waals surface area contributed by atoms with Crippen LogP contribution in [0.1, 0.15) is 19.7 Å². The number of aromatic nitrogens is 3. The van der Waals surface area contributed by atoms with Crippen LogP contribution in [0.15, 0.2) is 5.16 Å². The maximum absolute atomic E-state index is 10.7. The Hall–Kier alpha value is -1.08. The van der Waals surface area contributed by atoms with Gasteiger partial charge in [0.25, 0.3) is 0 Å². The Kier molecular flexibility index (Phi) is 5.27. The Morgan fingerprint density at radius 3 is 2.88 bits per heavy atom. The van der Waals surface area contributed by atoms with Crippen LogP contribution >= 0.6 is 11.8 Å². The maximum atomic E-state index is 10.7. The highest BCUT2D eigenvalue weighted by Gasteiger charge is 2.09. The Morgan fingerprint density at radius 2 is 2.31 bits per heavy atom. The monoisotopic (exact) mass is 243 g/mol. The Balaban J connectivity index is 2.47. The molecule has 90 valence electrons. The molecule has 0 fully saturated rings. The molecule has 16 heavy (non-hydrogen) atoms. The van der Waals surface area contributed by atoms with Crippen molar-refractivity contribution in [3.05, 3.63) is 5.82 Å². The van der Waals surface area contributed by atoms with Crippen molar-refractivity contribution in [2.75, 3.05) is 12.3 Å². The Morgan fingerprint density at radius 1 is 1.56 bits per heavy atom. The number of nitrogens with two attached hydrogens (primary N) is 1. The molecule has 1 aromatic heterocycles. The molecule has 7 heteroatoms. The summed E-state index contributed by atoms with van der Waals surface area (Å²) in [6.45, 7) is 5.37. The van der Waals surface area contributed by atoms with Crippen LogP contribution in [0.3, 0.4) is 0 Å². The molecule has 1 rings (SSSR count). The van der Waals surface area contributed by atoms with Gasteiger partial charge in [0, 0.05) is 25.8 Å². The second-order valence-corrected chi connectivity index (χ2v) is 4.24. The van der Waals surface area contributed by atoms with Gasteiger partial charge >= 0.3 is 0 Å². The third kappa shape index (κ3) is 3.49. The number of hydrogen-bond acceptors (Lipinski definition) is 5. The average molecular weight is 243 g/mol. The van der Waals surface area contributed by atoms with Crippen molar-refractivity contribution in [1.29, 1.82) is 0 Å². The van der Waals surface area contributed by atoms with Gasteiger partial charge in [-0.15, -0.1) is 10.2 Å². The molecule has 0 aliphatic heterocycles. The van der Waals surface area contributed by atoms with Gasteiger partial charge in [0.2, 0.25) is 5.91 Å². The number of nitrogens with one attached hydrogen (secondary N) is 1. The van der Waals surface area contributed by atoms with Crippen molar-refractivity contribution < 1.29 is 4.79 Å². The lowest BCUT2D eigenvalue weighted by molar-refractivity contribution is -0.118. The summed E-state index contributed by atoms with van der Waals surface area (Å²) in [6, 6.07) is 0. The molecule has 0 atom stereocenters. The van der Waals surface area contributed by atoms with Gasteiger partial charge in [0.05, 0.1) is 6.54 Å². The van der Waals surface area contributed by atoms with Crippen LogP contribution in [0.5, 0.6) is 0 Å². The van der Waals surface area contributed by atoms with Gasteiger partial charge in [-0.1, -0.05) is 11.8 Å². The van der Waals surface area contributed by atoms with Gasteiger partial charge in [-0.25, -0.2) is 0 Å². The minimum atomic E-state index is -0.0137. The third-order valence-corrected chi connectivity index (χ3v) is 2.97. The SMILES string of the molecule is CCn1c(CN)nnc1SCCNC(C)=O. The quantitative estimate of drug-likeness (QED) is 0.542. The number of thioether (sulfide) groups is 1. The fraction of sp³-hybridized carbons (Fsp3) is 0.667. The van der Waals surface area contributed by atoms with Crippen LogP contribution < -0.4 is 11.1 Å². The summed E-state index contributed by atoms with van der Waals surface area (Å²) in [5.74, 6) is 1.56. The number of carbonyl (C=O) groups is 1. The zero-order valence-corrected chi connectivity index (χ0v) is 10.4. The molecule has 0 saturated carbocycles. The van der Waals surface area contributed by atoms with Crippen LogP contribution in [0.4, 0.5) is 0 Å². The summed E-state index contributed by atoms with van der Waals surface area (Å²) in [6.07, 6.45) is 0. The zero-order chi connectivity index (χ0) is 12.0. The van der Waals surface area contributed by atoms with E-state index >= 15 is 0 Å². The summed E-state index contributed by atoms with van der Waals surface area (Å²) >= 11 is 1.57. The fourth-order valence-corrected chi connectivity index (χ4v) is 2.14. The standard InChI is InChI=1S/C9H17N5OS/c1-3-14-8(6-10)12-13-9(14)16-5-4-11-7(2)15/h3-6,10H2,1-2H3,(H,11,15). The fourth-order valence-electron chi connectivity index (χ4n) is 1.26. The van der Waals surface area contributed by atoms with E-state index in [9.17, 15) is 4.79 Å². The first-order valence-electron chi connectivity index (χ1n) is 5.18. The normalized spacial score (nSPS) is 10.4. The van der Waals surface area contributed by atoms with Crippen molar-refractivity contribution in [3.8, 4) is 0 Å². The van der Waals surface area contributed by atoms with Crippen molar-refractivity contribution in [2.45, 2.75) is 32.1 Å². The van der Waals surface area contributed by atoms with E-state index in [0.29, 0.717) is 13.1 Å². The maximum Gasteiger partial charge on any atom is 0.216 e. The lowest BCUT2D eigenvalue weighted by atomic mass is 10.6. The number of rotatable bonds is 6. The molecule has 1 heterocycles. The number of carbonyl (C=O) groups excluding carboxylic acids is 1. The van der Waals surface area contributed by atoms with Gasteiger partial charge in [-0.05, 0) is 6.92 Å². The first kappa shape index (κ1) is 13.0. The molecule has 3 N–H and O–H groups in total. The van der Waals surface area contributed by atoms with E-state index in [4.69, 9.17) is 5.73 Å². The Bertz CT molecular complexity index is 352. The number of hydrogen-bond donors (Lipinski definition) is 2. The van der Waals surface area contributed by atoms with Crippen LogP contribution in [0.25, 0.3) is 0 Å². The first-order chi connectivity index (χ1) is 7.69. The first-order valence-corrected chi connectivity index (χ1v) is 6.17. The molecule has 0 aromatic carbocycles. The second-order valence-electron chi connectivity index (χ2n) is 3.18. The lowest BCUT2D eigenvalue weighted by Crippen LogP contribution is -2.22. The summed E-state index contributed by atoms with van der Waals surface area (Å²) in [5, 5.41) is 11.6. The molecular formula is C9H17N5OS. The predicted octanol–water partition coefficient (Wildman–Crippen LogP) is -0.0151. The topological polar surface area (TPSA) is 85.8 Å². The molecule has 0 radical (unpaired) electrons. The van der Waals surface area contributed by atoms with Crippen molar-refractivity contribution in [3.63, 3.8) is 0 Å². The smallest absolute Gasteiger partial charge is 0.216 e. The van der Waals surface area contributed by atoms with Crippen molar-refractivity contribution >= 4 is 17.7 Å². The molecule has 1 aromatic rings. The van der Waals surface area contributed by atoms with Crippen LogP contribution in [-0.4, -0.2) is 33.0 Å². The zero-order valence-electron chi connectivity index (χ0n) is 9.56. The molecule has 0 spiro atoms. The molecule has 1 amide bonds. The van der Waals surface area contributed by atoms with Gasteiger partial charge in [-0.3, -0.25) is 4.79 Å². The van der Waals surface area contributed by atoms with Gasteiger partial charge in [-0.2, -0.15) is 0 Å². The van der Waals surface area contributed by atoms with Crippen LogP contribution in [-0.2, 0) is 17.9 Å². The lowest BCUT2D eigenvalue weighted by Gasteiger charge is -2.05. The molecular weight excluding hydrogens is 226 g/mol. The van der Waals surface area contributed by atoms with Crippen LogP contribution in [0.2, 0.25) is 0 Å². The predicted molar refractivity (Wildman–Crippen MR) is 63.0 cm³/mol. The van der Waals surface area contributed by atoms with E-state index in [2.05, 4.69) is 15.5 Å². The Labute approximate surface area is 99.0 Å². The molecule has 0 aliphatic carbocycles. The highest BCUT2D eigenvalue weighted by atomic mass is 32.2. The average Bonchev–Trinajstić information content (AvgIpc) is 2.66. The number of nitrogens with zero attached hydrogens (tertiary/aromatic N) is 3. The summed E-state index contributed by atoms with van der Waals surface area (Å²) < 4.78 is 1.98. The minimum Gasteiger partial charge on any atom is -0.356 e. The largest absolute Gasteiger partial charge is 0.356 e.